The largest absolute Gasteiger partial charge is 0.482 e. The quantitative estimate of drug-likeness (QED) is 0.470. The summed E-state index contributed by atoms with van der Waals surface area (Å²) in [6.07, 6.45) is -3.08. The summed E-state index contributed by atoms with van der Waals surface area (Å²) in [5.74, 6) is -3.07. The van der Waals surface area contributed by atoms with E-state index in [0.717, 1.165) is 29.4 Å². The summed E-state index contributed by atoms with van der Waals surface area (Å²) < 4.78 is 54.0. The number of carboxylic acids is 1. The first-order chi connectivity index (χ1) is 17.3. The number of hydrogen-bond donors (Lipinski definition) is 2. The zero-order chi connectivity index (χ0) is 27.1. The van der Waals surface area contributed by atoms with Gasteiger partial charge >= 0.3 is 12.1 Å². The molecule has 1 aromatic heterocycles. The first-order valence-electron chi connectivity index (χ1n) is 10.7. The fourth-order valence-corrected chi connectivity index (χ4v) is 4.25. The van der Waals surface area contributed by atoms with E-state index in [-0.39, 0.29) is 46.0 Å². The molecule has 0 spiro atoms. The van der Waals surface area contributed by atoms with Crippen LogP contribution in [0.15, 0.2) is 48.8 Å². The molecule has 1 aliphatic heterocycles. The number of nitrogens with zero attached hydrogens (tertiary/aromatic N) is 3. The maximum Gasteiger partial charge on any atom is 0.422 e. The van der Waals surface area contributed by atoms with Crippen molar-refractivity contribution in [1.29, 1.82) is 0 Å². The van der Waals surface area contributed by atoms with Crippen molar-refractivity contribution in [2.45, 2.75) is 24.6 Å². The first-order valence-corrected chi connectivity index (χ1v) is 11.1. The zero-order valence-corrected chi connectivity index (χ0v) is 20.0. The number of ether oxygens (including phenoxy) is 2. The minimum atomic E-state index is -5.13. The molecule has 194 valence electrons. The van der Waals surface area contributed by atoms with E-state index < -0.39 is 35.1 Å². The van der Waals surface area contributed by atoms with Crippen molar-refractivity contribution in [3.05, 3.63) is 70.6 Å². The van der Waals surface area contributed by atoms with Crippen molar-refractivity contribution in [3.63, 3.8) is 0 Å². The Balaban J connectivity index is 1.68. The van der Waals surface area contributed by atoms with Gasteiger partial charge < -0.3 is 24.6 Å². The highest BCUT2D eigenvalue weighted by Crippen LogP contribution is 2.51. The average Bonchev–Trinajstić information content (AvgIpc) is 2.85. The minimum absolute atomic E-state index is 0.0282. The van der Waals surface area contributed by atoms with Gasteiger partial charge in [0.25, 0.3) is 5.91 Å². The zero-order valence-electron chi connectivity index (χ0n) is 19.3. The third-order valence-corrected chi connectivity index (χ3v) is 6.38. The van der Waals surface area contributed by atoms with Gasteiger partial charge in [0.1, 0.15) is 11.5 Å². The number of hydrogen-bond acceptors (Lipinski definition) is 7. The second-order valence-corrected chi connectivity index (χ2v) is 8.65. The Labute approximate surface area is 213 Å². The Morgan fingerprint density at radius 2 is 1.92 bits per heavy atom. The van der Waals surface area contributed by atoms with Crippen molar-refractivity contribution in [2.75, 3.05) is 18.6 Å². The Morgan fingerprint density at radius 3 is 2.51 bits per heavy atom. The molecule has 2 heterocycles. The van der Waals surface area contributed by atoms with Crippen molar-refractivity contribution in [2.24, 2.45) is 0 Å². The summed E-state index contributed by atoms with van der Waals surface area (Å²) in [6.45, 7) is 0.929. The van der Waals surface area contributed by atoms with E-state index in [9.17, 15) is 27.9 Å². The van der Waals surface area contributed by atoms with E-state index in [1.54, 1.807) is 0 Å². The number of rotatable bonds is 6. The Bertz CT molecular complexity index is 1370. The van der Waals surface area contributed by atoms with Crippen molar-refractivity contribution in [1.82, 2.24) is 9.97 Å². The van der Waals surface area contributed by atoms with Gasteiger partial charge in [-0.05, 0) is 35.4 Å². The number of anilines is 1. The number of carboxylic acid groups (broad SMARTS) is 1. The van der Waals surface area contributed by atoms with Crippen LogP contribution in [0.1, 0.15) is 34.5 Å². The molecule has 0 radical (unpaired) electrons. The Hall–Kier alpha value is -3.90. The molecule has 2 N–H and O–H groups in total. The molecule has 2 atom stereocenters. The number of aliphatic hydroxyl groups is 1. The third kappa shape index (κ3) is 4.77. The van der Waals surface area contributed by atoms with Crippen LogP contribution in [0.5, 0.6) is 17.4 Å². The molecule has 3 aromatic rings. The van der Waals surface area contributed by atoms with E-state index >= 15 is 0 Å². The van der Waals surface area contributed by atoms with Gasteiger partial charge in [0.05, 0.1) is 18.1 Å². The lowest BCUT2D eigenvalue weighted by Gasteiger charge is -2.38. The normalized spacial score (nSPS) is 15.9. The highest BCUT2D eigenvalue weighted by molar-refractivity contribution is 6.31. The van der Waals surface area contributed by atoms with Crippen LogP contribution in [0.4, 0.5) is 18.9 Å². The van der Waals surface area contributed by atoms with Gasteiger partial charge in [0, 0.05) is 18.0 Å². The molecule has 0 saturated carbocycles. The SMILES string of the molecule is CC(c1ccc(Oc2cnc(C(=O)O)cn2)cc1Cl)C(O)(c1ccc2c(c1)N(C)C(=O)CO2)C(F)(F)F. The van der Waals surface area contributed by atoms with Gasteiger partial charge in [-0.25, -0.2) is 14.8 Å². The van der Waals surface area contributed by atoms with E-state index in [2.05, 4.69) is 9.97 Å². The predicted molar refractivity (Wildman–Crippen MR) is 124 cm³/mol. The molecular formula is C24H19ClF3N3O6. The number of carbonyl (C=O) groups is 2. The molecule has 9 nitrogen and oxygen atoms in total. The molecule has 0 saturated heterocycles. The van der Waals surface area contributed by atoms with Crippen LogP contribution in [0.2, 0.25) is 5.02 Å². The smallest absolute Gasteiger partial charge is 0.422 e. The first kappa shape index (κ1) is 26.2. The maximum atomic E-state index is 14.4. The number of amides is 1. The molecule has 0 fully saturated rings. The van der Waals surface area contributed by atoms with Gasteiger partial charge in [0.15, 0.2) is 17.9 Å². The van der Waals surface area contributed by atoms with Crippen molar-refractivity contribution >= 4 is 29.2 Å². The molecule has 0 aliphatic carbocycles. The van der Waals surface area contributed by atoms with Crippen LogP contribution in [0.3, 0.4) is 0 Å². The van der Waals surface area contributed by atoms with Crippen LogP contribution in [0.25, 0.3) is 0 Å². The summed E-state index contributed by atoms with van der Waals surface area (Å²) in [7, 11) is 1.40. The maximum absolute atomic E-state index is 14.4. The van der Waals surface area contributed by atoms with Gasteiger partial charge in [-0.3, -0.25) is 4.79 Å². The van der Waals surface area contributed by atoms with Gasteiger partial charge in [-0.1, -0.05) is 30.7 Å². The number of halogens is 4. The molecule has 2 unspecified atom stereocenters. The molecule has 0 bridgehead atoms. The lowest BCUT2D eigenvalue weighted by Crippen LogP contribution is -2.47. The fourth-order valence-electron chi connectivity index (χ4n) is 3.92. The number of alkyl halides is 3. The number of aromatic carboxylic acids is 1. The summed E-state index contributed by atoms with van der Waals surface area (Å²) in [5.41, 5.74) is -4.12. The molecule has 13 heteroatoms. The minimum Gasteiger partial charge on any atom is -0.482 e. The molecule has 37 heavy (non-hydrogen) atoms. The monoisotopic (exact) mass is 537 g/mol. The number of aromatic nitrogens is 2. The summed E-state index contributed by atoms with van der Waals surface area (Å²) in [6, 6.07) is 7.28. The molecular weight excluding hydrogens is 519 g/mol. The second kappa shape index (κ2) is 9.52. The van der Waals surface area contributed by atoms with E-state index in [4.69, 9.17) is 26.2 Å². The lowest BCUT2D eigenvalue weighted by molar-refractivity contribution is -0.274. The van der Waals surface area contributed by atoms with Crippen LogP contribution in [-0.2, 0) is 10.4 Å². The standard InChI is InChI=1S/C24H19ClF3N3O6/c1-12(15-5-4-14(8-16(15)25)37-20-10-29-17(9-30-20)22(33)34)23(35,24(26,27)28)13-3-6-19-18(7-13)31(2)21(32)11-36-19/h3-10,12,35H,11H2,1-2H3,(H,33,34). The number of likely N-dealkylation sites (N-methyl/N-ethyl adjacent to an activating group) is 1. The van der Waals surface area contributed by atoms with Crippen LogP contribution in [-0.4, -0.2) is 51.9 Å². The van der Waals surface area contributed by atoms with Crippen molar-refractivity contribution < 1.29 is 42.4 Å². The van der Waals surface area contributed by atoms with E-state index in [0.29, 0.717) is 0 Å². The molecule has 2 aromatic carbocycles. The Morgan fingerprint density at radius 1 is 1.19 bits per heavy atom. The fraction of sp³-hybridized carbons (Fsp3) is 0.250. The molecule has 4 rings (SSSR count). The third-order valence-electron chi connectivity index (χ3n) is 6.05. The topological polar surface area (TPSA) is 122 Å². The van der Waals surface area contributed by atoms with Gasteiger partial charge in [0.2, 0.25) is 5.88 Å². The highest BCUT2D eigenvalue weighted by Gasteiger charge is 2.59. The van der Waals surface area contributed by atoms with Gasteiger partial charge in [-0.15, -0.1) is 0 Å². The van der Waals surface area contributed by atoms with E-state index in [1.807, 2.05) is 0 Å². The summed E-state index contributed by atoms with van der Waals surface area (Å²) in [4.78, 5) is 31.5. The lowest BCUT2D eigenvalue weighted by atomic mass is 9.77. The van der Waals surface area contributed by atoms with Crippen molar-refractivity contribution in [3.8, 4) is 17.4 Å². The second-order valence-electron chi connectivity index (χ2n) is 8.24. The van der Waals surface area contributed by atoms with Crippen LogP contribution >= 0.6 is 11.6 Å². The summed E-state index contributed by atoms with van der Waals surface area (Å²) in [5, 5.41) is 19.9. The number of benzene rings is 2. The highest BCUT2D eigenvalue weighted by atomic mass is 35.5. The van der Waals surface area contributed by atoms with E-state index in [1.165, 1.54) is 38.2 Å². The van der Waals surface area contributed by atoms with Crippen LogP contribution in [0, 0.1) is 0 Å². The Kier molecular flexibility index (Phi) is 6.74. The average molecular weight is 538 g/mol. The molecule has 1 amide bonds. The summed E-state index contributed by atoms with van der Waals surface area (Å²) >= 11 is 6.31. The van der Waals surface area contributed by atoms with Crippen LogP contribution < -0.4 is 14.4 Å². The predicted octanol–water partition coefficient (Wildman–Crippen LogP) is 4.53. The van der Waals surface area contributed by atoms with Gasteiger partial charge in [-0.2, -0.15) is 13.2 Å². The number of fused-ring (bicyclic) bond motifs is 1. The number of carbonyl (C=O) groups excluding carboxylic acids is 1. The molecule has 1 aliphatic rings.